The van der Waals surface area contributed by atoms with Crippen LogP contribution < -0.4 is 10.1 Å². The summed E-state index contributed by atoms with van der Waals surface area (Å²) < 4.78 is 5.48. The second kappa shape index (κ2) is 5.76. The molecule has 1 aromatic heterocycles. The van der Waals surface area contributed by atoms with Gasteiger partial charge in [-0.25, -0.2) is 4.98 Å². The van der Waals surface area contributed by atoms with Crippen LogP contribution in [0.4, 0.5) is 0 Å². The number of para-hydroxylation sites is 2. The summed E-state index contributed by atoms with van der Waals surface area (Å²) in [6.45, 7) is 1.14. The molecule has 0 fully saturated rings. The molecule has 2 aromatic carbocycles. The highest BCUT2D eigenvalue weighted by Crippen LogP contribution is 2.25. The fourth-order valence-electron chi connectivity index (χ4n) is 2.87. The number of aromatic amines is 1. The molecular weight excluding hydrogens is 290 g/mol. The molecule has 0 radical (unpaired) electrons. The monoisotopic (exact) mass is 307 g/mol. The summed E-state index contributed by atoms with van der Waals surface area (Å²) in [5.74, 6) is 1.70. The largest absolute Gasteiger partial charge is 0.493 e. The van der Waals surface area contributed by atoms with Crippen molar-refractivity contribution in [3.63, 3.8) is 0 Å². The first-order valence-electron chi connectivity index (χ1n) is 7.73. The Balaban J connectivity index is 1.38. The summed E-state index contributed by atoms with van der Waals surface area (Å²) in [4.78, 5) is 19.8. The lowest BCUT2D eigenvalue weighted by molar-refractivity contribution is -0.120. The van der Waals surface area contributed by atoms with Crippen LogP contribution in [0, 0.1) is 0 Å². The van der Waals surface area contributed by atoms with E-state index in [0.29, 0.717) is 13.0 Å². The molecule has 5 heteroatoms. The van der Waals surface area contributed by atoms with Gasteiger partial charge in [0.2, 0.25) is 5.91 Å². The molecule has 1 aliphatic heterocycles. The molecule has 4 rings (SSSR count). The number of nitrogens with one attached hydrogen (secondary N) is 2. The molecule has 0 saturated carbocycles. The smallest absolute Gasteiger partial charge is 0.224 e. The number of carbonyl (C=O) groups excluding carboxylic acids is 1. The maximum Gasteiger partial charge on any atom is 0.224 e. The van der Waals surface area contributed by atoms with Crippen LogP contribution in [-0.4, -0.2) is 22.5 Å². The molecule has 0 spiro atoms. The zero-order valence-electron chi connectivity index (χ0n) is 12.6. The van der Waals surface area contributed by atoms with E-state index in [1.807, 2.05) is 36.4 Å². The number of carbonyl (C=O) groups is 1. The van der Waals surface area contributed by atoms with Gasteiger partial charge in [0, 0.05) is 6.42 Å². The quantitative estimate of drug-likeness (QED) is 0.777. The molecule has 0 atom stereocenters. The summed E-state index contributed by atoms with van der Waals surface area (Å²) in [6.07, 6.45) is 1.29. The Hall–Kier alpha value is -2.82. The standard InChI is InChI=1S/C18H17N3O2/c22-18(10-12-5-6-16-13(9-12)7-8-23-16)19-11-17-20-14-3-1-2-4-15(14)21-17/h1-6,9H,7-8,10-11H2,(H,19,22)(H,20,21). The van der Waals surface area contributed by atoms with Crippen LogP contribution in [-0.2, 0) is 24.2 Å². The van der Waals surface area contributed by atoms with E-state index < -0.39 is 0 Å². The fraction of sp³-hybridized carbons (Fsp3) is 0.222. The van der Waals surface area contributed by atoms with Gasteiger partial charge in [-0.1, -0.05) is 24.3 Å². The second-order valence-electron chi connectivity index (χ2n) is 5.69. The van der Waals surface area contributed by atoms with E-state index in [4.69, 9.17) is 4.74 Å². The molecule has 0 saturated heterocycles. The van der Waals surface area contributed by atoms with E-state index in [-0.39, 0.29) is 5.91 Å². The summed E-state index contributed by atoms with van der Waals surface area (Å²) in [5, 5.41) is 2.91. The number of benzene rings is 2. The topological polar surface area (TPSA) is 67.0 Å². The molecule has 5 nitrogen and oxygen atoms in total. The zero-order valence-corrected chi connectivity index (χ0v) is 12.6. The molecule has 0 aliphatic carbocycles. The normalized spacial score (nSPS) is 12.9. The average Bonchev–Trinajstić information content (AvgIpc) is 3.18. The van der Waals surface area contributed by atoms with Crippen molar-refractivity contribution in [3.8, 4) is 5.75 Å². The van der Waals surface area contributed by atoms with Gasteiger partial charge in [-0.15, -0.1) is 0 Å². The zero-order chi connectivity index (χ0) is 15.6. The summed E-state index contributed by atoms with van der Waals surface area (Å²) in [7, 11) is 0. The molecule has 1 amide bonds. The third-order valence-corrected chi connectivity index (χ3v) is 4.01. The number of rotatable bonds is 4. The van der Waals surface area contributed by atoms with Crippen molar-refractivity contribution < 1.29 is 9.53 Å². The summed E-state index contributed by atoms with van der Waals surface area (Å²) in [6, 6.07) is 13.8. The number of ether oxygens (including phenoxy) is 1. The number of H-pyrrole nitrogens is 1. The van der Waals surface area contributed by atoms with Gasteiger partial charge in [0.15, 0.2) is 0 Å². The number of fused-ring (bicyclic) bond motifs is 2. The number of amides is 1. The predicted molar refractivity (Wildman–Crippen MR) is 87.3 cm³/mol. The highest BCUT2D eigenvalue weighted by Gasteiger charge is 2.13. The minimum atomic E-state index is -0.00989. The number of aromatic nitrogens is 2. The van der Waals surface area contributed by atoms with E-state index >= 15 is 0 Å². The highest BCUT2D eigenvalue weighted by atomic mass is 16.5. The third-order valence-electron chi connectivity index (χ3n) is 4.01. The Labute approximate surface area is 133 Å². The Morgan fingerprint density at radius 3 is 3.09 bits per heavy atom. The van der Waals surface area contributed by atoms with Gasteiger partial charge in [0.25, 0.3) is 0 Å². The number of imidazole rings is 1. The number of hydrogen-bond acceptors (Lipinski definition) is 3. The highest BCUT2D eigenvalue weighted by molar-refractivity contribution is 5.79. The van der Waals surface area contributed by atoms with Crippen LogP contribution in [0.1, 0.15) is 17.0 Å². The van der Waals surface area contributed by atoms with Gasteiger partial charge < -0.3 is 15.0 Å². The van der Waals surface area contributed by atoms with Crippen molar-refractivity contribution in [3.05, 3.63) is 59.4 Å². The summed E-state index contributed by atoms with van der Waals surface area (Å²) >= 11 is 0. The first kappa shape index (κ1) is 13.8. The molecule has 0 bridgehead atoms. The Kier molecular flexibility index (Phi) is 3.46. The van der Waals surface area contributed by atoms with Crippen LogP contribution in [0.3, 0.4) is 0 Å². The van der Waals surface area contributed by atoms with Gasteiger partial charge >= 0.3 is 0 Å². The van der Waals surface area contributed by atoms with E-state index in [1.54, 1.807) is 0 Å². The Bertz CT molecular complexity index is 837. The Morgan fingerprint density at radius 2 is 2.17 bits per heavy atom. The van der Waals surface area contributed by atoms with Crippen molar-refractivity contribution in [2.45, 2.75) is 19.4 Å². The molecule has 2 heterocycles. The van der Waals surface area contributed by atoms with E-state index in [0.717, 1.165) is 41.2 Å². The van der Waals surface area contributed by atoms with Crippen molar-refractivity contribution >= 4 is 16.9 Å². The van der Waals surface area contributed by atoms with Crippen LogP contribution in [0.15, 0.2) is 42.5 Å². The Morgan fingerprint density at radius 1 is 1.26 bits per heavy atom. The van der Waals surface area contributed by atoms with Crippen LogP contribution in [0.2, 0.25) is 0 Å². The first-order chi connectivity index (χ1) is 11.3. The van der Waals surface area contributed by atoms with E-state index in [2.05, 4.69) is 21.4 Å². The van der Waals surface area contributed by atoms with Gasteiger partial charge in [-0.3, -0.25) is 4.79 Å². The molecule has 3 aromatic rings. The maximum atomic E-state index is 12.1. The SMILES string of the molecule is O=C(Cc1ccc2c(c1)CCO2)NCc1nc2ccccc2[nH]1. The second-order valence-corrected chi connectivity index (χ2v) is 5.69. The van der Waals surface area contributed by atoms with Crippen molar-refractivity contribution in [1.29, 1.82) is 0 Å². The molecule has 0 unspecified atom stereocenters. The van der Waals surface area contributed by atoms with Gasteiger partial charge in [-0.05, 0) is 29.3 Å². The average molecular weight is 307 g/mol. The van der Waals surface area contributed by atoms with Crippen LogP contribution in [0.25, 0.3) is 11.0 Å². The lowest BCUT2D eigenvalue weighted by Gasteiger charge is -2.05. The van der Waals surface area contributed by atoms with Crippen molar-refractivity contribution in [2.24, 2.45) is 0 Å². The van der Waals surface area contributed by atoms with E-state index in [9.17, 15) is 4.79 Å². The molecule has 1 aliphatic rings. The van der Waals surface area contributed by atoms with Crippen molar-refractivity contribution in [1.82, 2.24) is 15.3 Å². The molecule has 2 N–H and O–H groups in total. The molecular formula is C18H17N3O2. The first-order valence-corrected chi connectivity index (χ1v) is 7.73. The minimum absolute atomic E-state index is 0.00989. The molecule has 23 heavy (non-hydrogen) atoms. The number of hydrogen-bond donors (Lipinski definition) is 2. The lowest BCUT2D eigenvalue weighted by Crippen LogP contribution is -2.25. The maximum absolute atomic E-state index is 12.1. The lowest BCUT2D eigenvalue weighted by atomic mass is 10.1. The summed E-state index contributed by atoms with van der Waals surface area (Å²) in [5.41, 5.74) is 4.09. The fourth-order valence-corrected chi connectivity index (χ4v) is 2.87. The minimum Gasteiger partial charge on any atom is -0.493 e. The third kappa shape index (κ3) is 2.90. The van der Waals surface area contributed by atoms with Gasteiger partial charge in [-0.2, -0.15) is 0 Å². The van der Waals surface area contributed by atoms with Crippen LogP contribution in [0.5, 0.6) is 5.75 Å². The van der Waals surface area contributed by atoms with Gasteiger partial charge in [0.1, 0.15) is 11.6 Å². The van der Waals surface area contributed by atoms with Crippen molar-refractivity contribution in [2.75, 3.05) is 6.61 Å². The van der Waals surface area contributed by atoms with E-state index in [1.165, 1.54) is 5.56 Å². The molecule has 116 valence electrons. The number of nitrogens with zero attached hydrogens (tertiary/aromatic N) is 1. The predicted octanol–water partition coefficient (Wildman–Crippen LogP) is 2.36. The van der Waals surface area contributed by atoms with Gasteiger partial charge in [0.05, 0.1) is 30.6 Å². The van der Waals surface area contributed by atoms with Crippen LogP contribution >= 0.6 is 0 Å².